The number of ether oxygens (including phenoxy) is 1. The topological polar surface area (TPSA) is 38.3 Å². The van der Waals surface area contributed by atoms with Crippen LogP contribution in [0.3, 0.4) is 0 Å². The van der Waals surface area contributed by atoms with Gasteiger partial charge in [0.1, 0.15) is 5.75 Å². The number of hydrogen-bond acceptors (Lipinski definition) is 2. The standard InChI is InChI=1S/C11H10F3NO2/c12-11(13,14)7-3-4-9-8(6-7)15-10(16)2-1-5-17-9/h3-4,6H,1-2,5H2,(H,15,16). The Morgan fingerprint density at radius 1 is 1.29 bits per heavy atom. The van der Waals surface area contributed by atoms with Crippen molar-refractivity contribution in [2.75, 3.05) is 11.9 Å². The molecule has 1 aliphatic rings. The number of nitrogens with one attached hydrogen (secondary N) is 1. The molecule has 0 fully saturated rings. The Morgan fingerprint density at radius 3 is 2.76 bits per heavy atom. The van der Waals surface area contributed by atoms with Crippen LogP contribution in [0.5, 0.6) is 5.75 Å². The third kappa shape index (κ3) is 2.69. The number of halogens is 3. The predicted molar refractivity (Wildman–Crippen MR) is 54.8 cm³/mol. The van der Waals surface area contributed by atoms with Gasteiger partial charge in [0.25, 0.3) is 0 Å². The summed E-state index contributed by atoms with van der Waals surface area (Å²) >= 11 is 0. The summed E-state index contributed by atoms with van der Waals surface area (Å²) in [5, 5.41) is 2.41. The molecule has 3 nitrogen and oxygen atoms in total. The first-order chi connectivity index (χ1) is 7.97. The maximum absolute atomic E-state index is 12.5. The zero-order valence-electron chi connectivity index (χ0n) is 8.80. The van der Waals surface area contributed by atoms with Crippen molar-refractivity contribution in [1.82, 2.24) is 0 Å². The molecule has 1 aromatic rings. The second-order valence-electron chi connectivity index (χ2n) is 3.71. The molecule has 0 aliphatic carbocycles. The lowest BCUT2D eigenvalue weighted by Gasteiger charge is -2.17. The van der Waals surface area contributed by atoms with E-state index in [1.807, 2.05) is 0 Å². The second kappa shape index (κ2) is 4.27. The van der Waals surface area contributed by atoms with Gasteiger partial charge in [-0.3, -0.25) is 4.79 Å². The maximum atomic E-state index is 12.5. The molecule has 0 radical (unpaired) electrons. The van der Waals surface area contributed by atoms with Gasteiger partial charge in [-0.1, -0.05) is 0 Å². The molecule has 1 aromatic carbocycles. The van der Waals surface area contributed by atoms with E-state index in [2.05, 4.69) is 5.32 Å². The fourth-order valence-corrected chi connectivity index (χ4v) is 1.56. The van der Waals surface area contributed by atoms with Crippen LogP contribution >= 0.6 is 0 Å². The van der Waals surface area contributed by atoms with Crippen molar-refractivity contribution in [2.45, 2.75) is 19.0 Å². The summed E-state index contributed by atoms with van der Waals surface area (Å²) in [7, 11) is 0. The van der Waals surface area contributed by atoms with Gasteiger partial charge in [-0.15, -0.1) is 0 Å². The third-order valence-electron chi connectivity index (χ3n) is 2.39. The quantitative estimate of drug-likeness (QED) is 0.763. The van der Waals surface area contributed by atoms with Crippen LogP contribution in [0.4, 0.5) is 18.9 Å². The average molecular weight is 245 g/mol. The number of rotatable bonds is 0. The number of anilines is 1. The van der Waals surface area contributed by atoms with Crippen LogP contribution in [0.25, 0.3) is 0 Å². The third-order valence-corrected chi connectivity index (χ3v) is 2.39. The molecule has 6 heteroatoms. The van der Waals surface area contributed by atoms with Gasteiger partial charge in [0, 0.05) is 6.42 Å². The molecule has 17 heavy (non-hydrogen) atoms. The van der Waals surface area contributed by atoms with Crippen LogP contribution in [-0.2, 0) is 11.0 Å². The fourth-order valence-electron chi connectivity index (χ4n) is 1.56. The normalized spacial score (nSPS) is 16.3. The molecular weight excluding hydrogens is 235 g/mol. The first-order valence-corrected chi connectivity index (χ1v) is 5.11. The number of benzene rings is 1. The van der Waals surface area contributed by atoms with E-state index >= 15 is 0 Å². The lowest BCUT2D eigenvalue weighted by atomic mass is 10.1. The summed E-state index contributed by atoms with van der Waals surface area (Å²) in [4.78, 5) is 11.3. The van der Waals surface area contributed by atoms with Crippen molar-refractivity contribution in [3.63, 3.8) is 0 Å². The Bertz CT molecular complexity index is 443. The largest absolute Gasteiger partial charge is 0.491 e. The van der Waals surface area contributed by atoms with Crippen LogP contribution in [0.2, 0.25) is 0 Å². The minimum Gasteiger partial charge on any atom is -0.491 e. The van der Waals surface area contributed by atoms with Gasteiger partial charge in [0.05, 0.1) is 17.9 Å². The van der Waals surface area contributed by atoms with E-state index in [0.29, 0.717) is 13.0 Å². The smallest absolute Gasteiger partial charge is 0.416 e. The van der Waals surface area contributed by atoms with Crippen LogP contribution in [0, 0.1) is 0 Å². The Balaban J connectivity index is 2.38. The van der Waals surface area contributed by atoms with Crippen LogP contribution < -0.4 is 10.1 Å². The predicted octanol–water partition coefficient (Wildman–Crippen LogP) is 2.82. The van der Waals surface area contributed by atoms with Gasteiger partial charge >= 0.3 is 6.18 Å². The van der Waals surface area contributed by atoms with E-state index in [-0.39, 0.29) is 23.8 Å². The minimum atomic E-state index is -4.43. The zero-order valence-corrected chi connectivity index (χ0v) is 8.80. The minimum absolute atomic E-state index is 0.0736. The van der Waals surface area contributed by atoms with Crippen LogP contribution in [0.1, 0.15) is 18.4 Å². The number of amides is 1. The zero-order chi connectivity index (χ0) is 12.5. The van der Waals surface area contributed by atoms with E-state index in [1.165, 1.54) is 6.07 Å². The number of carbonyl (C=O) groups excluding carboxylic acids is 1. The summed E-state index contributed by atoms with van der Waals surface area (Å²) in [5.41, 5.74) is -0.731. The number of carbonyl (C=O) groups is 1. The summed E-state index contributed by atoms with van der Waals surface area (Å²) < 4.78 is 42.7. The SMILES string of the molecule is O=C1CCCOc2ccc(C(F)(F)F)cc2N1. The summed E-state index contributed by atoms with van der Waals surface area (Å²) in [5.74, 6) is -0.0278. The average Bonchev–Trinajstić information content (AvgIpc) is 2.21. The number of alkyl halides is 3. The molecular formula is C11H10F3NO2. The Kier molecular flexibility index (Phi) is 2.95. The molecule has 1 amide bonds. The highest BCUT2D eigenvalue weighted by molar-refractivity contribution is 5.92. The van der Waals surface area contributed by atoms with Crippen molar-refractivity contribution in [3.05, 3.63) is 23.8 Å². The van der Waals surface area contributed by atoms with E-state index in [0.717, 1.165) is 12.1 Å². The molecule has 1 aliphatic heterocycles. The Labute approximate surface area is 95.6 Å². The molecule has 0 saturated carbocycles. The highest BCUT2D eigenvalue weighted by Crippen LogP contribution is 2.35. The van der Waals surface area contributed by atoms with Crippen molar-refractivity contribution in [3.8, 4) is 5.75 Å². The van der Waals surface area contributed by atoms with Crippen molar-refractivity contribution < 1.29 is 22.7 Å². The van der Waals surface area contributed by atoms with Gasteiger partial charge in [-0.25, -0.2) is 0 Å². The summed E-state index contributed by atoms with van der Waals surface area (Å²) in [6.07, 6.45) is -3.63. The maximum Gasteiger partial charge on any atom is 0.416 e. The second-order valence-corrected chi connectivity index (χ2v) is 3.71. The molecule has 0 saturated heterocycles. The Hall–Kier alpha value is -1.72. The highest BCUT2D eigenvalue weighted by Gasteiger charge is 2.31. The molecule has 0 unspecified atom stereocenters. The molecule has 0 spiro atoms. The molecule has 1 heterocycles. The first-order valence-electron chi connectivity index (χ1n) is 5.11. The van der Waals surface area contributed by atoms with Crippen molar-refractivity contribution in [1.29, 1.82) is 0 Å². The van der Waals surface area contributed by atoms with Crippen molar-refractivity contribution in [2.24, 2.45) is 0 Å². The van der Waals surface area contributed by atoms with E-state index in [4.69, 9.17) is 4.74 Å². The van der Waals surface area contributed by atoms with Gasteiger partial charge in [0.2, 0.25) is 5.91 Å². The Morgan fingerprint density at radius 2 is 2.06 bits per heavy atom. The molecule has 0 atom stereocenters. The lowest BCUT2D eigenvalue weighted by molar-refractivity contribution is -0.137. The van der Waals surface area contributed by atoms with Crippen LogP contribution in [0.15, 0.2) is 18.2 Å². The monoisotopic (exact) mass is 245 g/mol. The van der Waals surface area contributed by atoms with Gasteiger partial charge in [-0.05, 0) is 24.6 Å². The summed E-state index contributed by atoms with van der Waals surface area (Å²) in [6, 6.07) is 3.05. The molecule has 1 N–H and O–H groups in total. The van der Waals surface area contributed by atoms with Crippen molar-refractivity contribution >= 4 is 11.6 Å². The fraction of sp³-hybridized carbons (Fsp3) is 0.364. The molecule has 0 bridgehead atoms. The molecule has 92 valence electrons. The van der Waals surface area contributed by atoms with Gasteiger partial charge in [-0.2, -0.15) is 13.2 Å². The van der Waals surface area contributed by atoms with E-state index in [1.54, 1.807) is 0 Å². The summed E-state index contributed by atoms with van der Waals surface area (Å²) in [6.45, 7) is 0.325. The first kappa shape index (κ1) is 11.8. The van der Waals surface area contributed by atoms with Gasteiger partial charge < -0.3 is 10.1 Å². The van der Waals surface area contributed by atoms with E-state index < -0.39 is 11.7 Å². The van der Waals surface area contributed by atoms with Gasteiger partial charge in [0.15, 0.2) is 0 Å². The lowest BCUT2D eigenvalue weighted by Crippen LogP contribution is -2.17. The molecule has 0 aromatic heterocycles. The molecule has 2 rings (SSSR count). The number of hydrogen-bond donors (Lipinski definition) is 1. The van der Waals surface area contributed by atoms with Crippen LogP contribution in [-0.4, -0.2) is 12.5 Å². The highest BCUT2D eigenvalue weighted by atomic mass is 19.4. The van der Waals surface area contributed by atoms with E-state index in [9.17, 15) is 18.0 Å². The number of fused-ring (bicyclic) bond motifs is 1.